The van der Waals surface area contributed by atoms with Crippen LogP contribution in [0.5, 0.6) is 0 Å². The average Bonchev–Trinajstić information content (AvgIpc) is 2.30. The first-order valence-corrected chi connectivity index (χ1v) is 6.18. The van der Waals surface area contributed by atoms with Gasteiger partial charge in [0.25, 0.3) is 0 Å². The van der Waals surface area contributed by atoms with E-state index in [4.69, 9.17) is 0 Å². The Bertz CT molecular complexity index is 319. The van der Waals surface area contributed by atoms with Gasteiger partial charge in [-0.05, 0) is 29.9 Å². The Labute approximate surface area is 92.9 Å². The monoisotopic (exact) mass is 203 g/mol. The van der Waals surface area contributed by atoms with E-state index < -0.39 is 0 Å². The van der Waals surface area contributed by atoms with Crippen LogP contribution < -0.4 is 5.32 Å². The minimum Gasteiger partial charge on any atom is -0.309 e. The summed E-state index contributed by atoms with van der Waals surface area (Å²) >= 11 is 0. The van der Waals surface area contributed by atoms with Gasteiger partial charge in [-0.2, -0.15) is 0 Å². The van der Waals surface area contributed by atoms with Gasteiger partial charge in [-0.3, -0.25) is 0 Å². The van der Waals surface area contributed by atoms with Gasteiger partial charge >= 0.3 is 0 Å². The SMILES string of the molecule is CCCC1c2ccccc2CNC1CC. The second kappa shape index (κ2) is 4.80. The molecule has 0 aliphatic carbocycles. The summed E-state index contributed by atoms with van der Waals surface area (Å²) in [5.74, 6) is 0.727. The van der Waals surface area contributed by atoms with E-state index in [0.29, 0.717) is 6.04 Å². The Morgan fingerprint density at radius 3 is 2.80 bits per heavy atom. The van der Waals surface area contributed by atoms with Crippen molar-refractivity contribution in [3.63, 3.8) is 0 Å². The lowest BCUT2D eigenvalue weighted by molar-refractivity contribution is 0.373. The average molecular weight is 203 g/mol. The lowest BCUT2D eigenvalue weighted by atomic mass is 9.81. The third kappa shape index (κ3) is 2.07. The van der Waals surface area contributed by atoms with E-state index in [-0.39, 0.29) is 0 Å². The quantitative estimate of drug-likeness (QED) is 0.793. The minimum atomic E-state index is 0.680. The topological polar surface area (TPSA) is 12.0 Å². The highest BCUT2D eigenvalue weighted by molar-refractivity contribution is 5.33. The van der Waals surface area contributed by atoms with Crippen molar-refractivity contribution in [1.29, 1.82) is 0 Å². The summed E-state index contributed by atoms with van der Waals surface area (Å²) in [4.78, 5) is 0. The molecular weight excluding hydrogens is 182 g/mol. The maximum absolute atomic E-state index is 3.66. The van der Waals surface area contributed by atoms with Crippen LogP contribution in [0.4, 0.5) is 0 Å². The molecule has 1 aromatic rings. The van der Waals surface area contributed by atoms with Gasteiger partial charge in [0.2, 0.25) is 0 Å². The first-order valence-electron chi connectivity index (χ1n) is 6.18. The normalized spacial score (nSPS) is 24.9. The predicted molar refractivity (Wildman–Crippen MR) is 65.0 cm³/mol. The van der Waals surface area contributed by atoms with Crippen molar-refractivity contribution in [2.45, 2.75) is 51.6 Å². The van der Waals surface area contributed by atoms with Crippen molar-refractivity contribution >= 4 is 0 Å². The Balaban J connectivity index is 2.29. The van der Waals surface area contributed by atoms with Crippen molar-refractivity contribution in [3.8, 4) is 0 Å². The summed E-state index contributed by atoms with van der Waals surface area (Å²) in [6.45, 7) is 5.62. The van der Waals surface area contributed by atoms with Crippen molar-refractivity contribution in [3.05, 3.63) is 35.4 Å². The van der Waals surface area contributed by atoms with Crippen LogP contribution in [-0.2, 0) is 6.54 Å². The molecule has 1 aromatic carbocycles. The van der Waals surface area contributed by atoms with Crippen LogP contribution in [0.15, 0.2) is 24.3 Å². The smallest absolute Gasteiger partial charge is 0.0211 e. The highest BCUT2D eigenvalue weighted by Crippen LogP contribution is 2.32. The molecule has 1 aliphatic rings. The largest absolute Gasteiger partial charge is 0.309 e. The van der Waals surface area contributed by atoms with Gasteiger partial charge in [-0.1, -0.05) is 44.5 Å². The molecular formula is C14H21N. The van der Waals surface area contributed by atoms with Crippen LogP contribution in [0, 0.1) is 0 Å². The molecule has 2 rings (SSSR count). The molecule has 1 nitrogen and oxygen atoms in total. The zero-order chi connectivity index (χ0) is 10.7. The number of benzene rings is 1. The Kier molecular flexibility index (Phi) is 3.42. The lowest BCUT2D eigenvalue weighted by Crippen LogP contribution is -2.38. The van der Waals surface area contributed by atoms with E-state index in [1.165, 1.54) is 24.8 Å². The second-order valence-corrected chi connectivity index (χ2v) is 4.49. The van der Waals surface area contributed by atoms with E-state index >= 15 is 0 Å². The molecule has 0 radical (unpaired) electrons. The van der Waals surface area contributed by atoms with E-state index in [2.05, 4.69) is 43.4 Å². The van der Waals surface area contributed by atoms with Gasteiger partial charge in [-0.25, -0.2) is 0 Å². The highest BCUT2D eigenvalue weighted by Gasteiger charge is 2.26. The van der Waals surface area contributed by atoms with Gasteiger partial charge in [0.15, 0.2) is 0 Å². The maximum Gasteiger partial charge on any atom is 0.0211 e. The molecule has 2 unspecified atom stereocenters. The Morgan fingerprint density at radius 1 is 1.27 bits per heavy atom. The first kappa shape index (κ1) is 10.7. The van der Waals surface area contributed by atoms with Crippen LogP contribution in [0.25, 0.3) is 0 Å². The summed E-state index contributed by atoms with van der Waals surface area (Å²) in [6, 6.07) is 9.59. The van der Waals surface area contributed by atoms with Crippen molar-refractivity contribution in [2.75, 3.05) is 0 Å². The van der Waals surface area contributed by atoms with Crippen LogP contribution >= 0.6 is 0 Å². The number of fused-ring (bicyclic) bond motifs is 1. The summed E-state index contributed by atoms with van der Waals surface area (Å²) in [5.41, 5.74) is 3.09. The third-order valence-corrected chi connectivity index (χ3v) is 3.53. The van der Waals surface area contributed by atoms with Crippen molar-refractivity contribution < 1.29 is 0 Å². The molecule has 0 amide bonds. The maximum atomic E-state index is 3.66. The number of hydrogen-bond acceptors (Lipinski definition) is 1. The summed E-state index contributed by atoms with van der Waals surface area (Å²) < 4.78 is 0. The van der Waals surface area contributed by atoms with Crippen LogP contribution in [-0.4, -0.2) is 6.04 Å². The number of hydrogen-bond donors (Lipinski definition) is 1. The summed E-state index contributed by atoms with van der Waals surface area (Å²) in [5, 5.41) is 3.66. The third-order valence-electron chi connectivity index (χ3n) is 3.53. The zero-order valence-corrected chi connectivity index (χ0v) is 9.79. The Morgan fingerprint density at radius 2 is 2.07 bits per heavy atom. The molecule has 1 aliphatic heterocycles. The van der Waals surface area contributed by atoms with Gasteiger partial charge in [0.05, 0.1) is 0 Å². The van der Waals surface area contributed by atoms with E-state index in [0.717, 1.165) is 12.5 Å². The summed E-state index contributed by atoms with van der Waals surface area (Å²) in [7, 11) is 0. The standard InChI is InChI=1S/C14H21N/c1-3-7-13-12-9-6-5-8-11(12)10-15-14(13)4-2/h5-6,8-9,13-15H,3-4,7,10H2,1-2H3. The molecule has 0 bridgehead atoms. The van der Waals surface area contributed by atoms with Gasteiger partial charge in [0, 0.05) is 12.6 Å². The molecule has 2 atom stereocenters. The fraction of sp³-hybridized carbons (Fsp3) is 0.571. The fourth-order valence-electron chi connectivity index (χ4n) is 2.75. The van der Waals surface area contributed by atoms with Gasteiger partial charge in [0.1, 0.15) is 0 Å². The molecule has 1 heterocycles. The molecule has 0 fully saturated rings. The van der Waals surface area contributed by atoms with E-state index in [9.17, 15) is 0 Å². The molecule has 1 heteroatoms. The molecule has 82 valence electrons. The van der Waals surface area contributed by atoms with E-state index in [1.807, 2.05) is 0 Å². The molecule has 0 aromatic heterocycles. The van der Waals surface area contributed by atoms with Crippen LogP contribution in [0.3, 0.4) is 0 Å². The fourth-order valence-corrected chi connectivity index (χ4v) is 2.75. The predicted octanol–water partition coefficient (Wildman–Crippen LogP) is 3.45. The van der Waals surface area contributed by atoms with Crippen LogP contribution in [0.1, 0.15) is 50.2 Å². The van der Waals surface area contributed by atoms with Gasteiger partial charge in [-0.15, -0.1) is 0 Å². The lowest BCUT2D eigenvalue weighted by Gasteiger charge is -2.34. The zero-order valence-electron chi connectivity index (χ0n) is 9.79. The van der Waals surface area contributed by atoms with Gasteiger partial charge < -0.3 is 5.32 Å². The number of rotatable bonds is 3. The molecule has 1 N–H and O–H groups in total. The first-order chi connectivity index (χ1) is 7.36. The van der Waals surface area contributed by atoms with Crippen LogP contribution in [0.2, 0.25) is 0 Å². The Hall–Kier alpha value is -0.820. The van der Waals surface area contributed by atoms with Crippen molar-refractivity contribution in [2.24, 2.45) is 0 Å². The van der Waals surface area contributed by atoms with E-state index in [1.54, 1.807) is 5.56 Å². The summed E-state index contributed by atoms with van der Waals surface area (Å²) in [6.07, 6.45) is 3.82. The highest BCUT2D eigenvalue weighted by atomic mass is 14.9. The number of nitrogens with one attached hydrogen (secondary N) is 1. The minimum absolute atomic E-state index is 0.680. The molecule has 0 saturated heterocycles. The molecule has 0 saturated carbocycles. The molecule has 15 heavy (non-hydrogen) atoms. The van der Waals surface area contributed by atoms with Crippen molar-refractivity contribution in [1.82, 2.24) is 5.32 Å². The second-order valence-electron chi connectivity index (χ2n) is 4.49. The molecule has 0 spiro atoms.